The van der Waals surface area contributed by atoms with Crippen LogP contribution in [0.3, 0.4) is 0 Å². The number of imide groups is 1. The smallest absolute Gasteiger partial charge is 0.308 e. The summed E-state index contributed by atoms with van der Waals surface area (Å²) in [6.45, 7) is 1.63. The zero-order valence-electron chi connectivity index (χ0n) is 19.7. The summed E-state index contributed by atoms with van der Waals surface area (Å²) in [5.74, 6) is -2.34. The van der Waals surface area contributed by atoms with Gasteiger partial charge in [0.2, 0.25) is 17.7 Å². The second kappa shape index (κ2) is 9.76. The number of amides is 3. The number of rotatable bonds is 5. The van der Waals surface area contributed by atoms with Crippen molar-refractivity contribution in [1.82, 2.24) is 9.47 Å². The quantitative estimate of drug-likeness (QED) is 0.259. The molecule has 3 unspecified atom stereocenters. The molecule has 3 aromatic rings. The number of non-ortho nitro benzene ring substituents is 1. The molecule has 14 heteroatoms. The number of carbonyl (C=O) groups is 3. The fraction of sp³-hybridized carbons (Fsp3) is 0.333. The molecule has 3 aliphatic heterocycles. The average Bonchev–Trinajstić information content (AvgIpc) is 3.62. The Labute approximate surface area is 227 Å². The van der Waals surface area contributed by atoms with Crippen LogP contribution in [0.1, 0.15) is 15.7 Å². The van der Waals surface area contributed by atoms with Crippen LogP contribution in [0.15, 0.2) is 51.6 Å². The zero-order chi connectivity index (χ0) is 26.6. The van der Waals surface area contributed by atoms with Gasteiger partial charge in [0, 0.05) is 40.9 Å². The largest absolute Gasteiger partial charge is 0.378 e. The van der Waals surface area contributed by atoms with E-state index in [2.05, 4.69) is 0 Å². The van der Waals surface area contributed by atoms with Crippen LogP contribution >= 0.6 is 34.4 Å². The number of morpholine rings is 1. The van der Waals surface area contributed by atoms with Gasteiger partial charge in [-0.2, -0.15) is 0 Å². The van der Waals surface area contributed by atoms with Crippen molar-refractivity contribution >= 4 is 63.5 Å². The fourth-order valence-corrected chi connectivity index (χ4v) is 8.78. The van der Waals surface area contributed by atoms with Crippen LogP contribution in [0.4, 0.5) is 11.4 Å². The first-order valence-corrected chi connectivity index (χ1v) is 14.3. The molecule has 2 saturated heterocycles. The fourth-order valence-electron chi connectivity index (χ4n) is 5.06. The van der Waals surface area contributed by atoms with Crippen LogP contribution in [-0.4, -0.2) is 63.7 Å². The number of hydrogen-bond acceptors (Lipinski definition) is 10. The summed E-state index contributed by atoms with van der Waals surface area (Å²) < 4.78 is 6.74. The number of carbonyl (C=O) groups excluding carboxylic acids is 3. The number of aromatic nitrogens is 1. The van der Waals surface area contributed by atoms with E-state index in [4.69, 9.17) is 4.74 Å². The Hall–Kier alpha value is -3.33. The summed E-state index contributed by atoms with van der Waals surface area (Å²) in [5, 5.41) is 12.7. The highest BCUT2D eigenvalue weighted by Crippen LogP contribution is 2.54. The number of thioether (sulfide) groups is 1. The Morgan fingerprint density at radius 2 is 1.82 bits per heavy atom. The number of hydrogen-bond donors (Lipinski definition) is 0. The van der Waals surface area contributed by atoms with Crippen LogP contribution in [-0.2, 0) is 25.7 Å². The minimum atomic E-state index is -0.809. The molecule has 0 saturated carbocycles. The summed E-state index contributed by atoms with van der Waals surface area (Å²) in [6, 6.07) is 9.03. The summed E-state index contributed by atoms with van der Waals surface area (Å²) in [7, 11) is 0. The van der Waals surface area contributed by atoms with Crippen molar-refractivity contribution in [3.8, 4) is 0 Å². The van der Waals surface area contributed by atoms with E-state index in [0.717, 1.165) is 32.9 Å². The van der Waals surface area contributed by atoms with E-state index >= 15 is 0 Å². The van der Waals surface area contributed by atoms with Gasteiger partial charge in [-0.1, -0.05) is 29.2 Å². The Balaban J connectivity index is 1.39. The van der Waals surface area contributed by atoms with Crippen molar-refractivity contribution in [2.75, 3.05) is 31.2 Å². The summed E-state index contributed by atoms with van der Waals surface area (Å²) in [6.07, 6.45) is 0. The number of thiazole rings is 1. The number of nitro benzene ring substituents is 1. The van der Waals surface area contributed by atoms with E-state index in [-0.39, 0.29) is 28.7 Å². The summed E-state index contributed by atoms with van der Waals surface area (Å²) >= 11 is 3.59. The second-order valence-corrected chi connectivity index (χ2v) is 12.1. The Morgan fingerprint density at radius 3 is 2.47 bits per heavy atom. The van der Waals surface area contributed by atoms with Gasteiger partial charge >= 0.3 is 4.87 Å². The molecule has 6 rings (SSSR count). The first-order valence-electron chi connectivity index (χ1n) is 11.8. The van der Waals surface area contributed by atoms with E-state index in [1.165, 1.54) is 40.2 Å². The van der Waals surface area contributed by atoms with Crippen molar-refractivity contribution in [1.29, 1.82) is 0 Å². The van der Waals surface area contributed by atoms with Gasteiger partial charge in [-0.05, 0) is 23.6 Å². The van der Waals surface area contributed by atoms with Crippen LogP contribution in [0.5, 0.6) is 0 Å². The number of anilines is 1. The predicted octanol–water partition coefficient (Wildman–Crippen LogP) is 2.53. The molecule has 2 fully saturated rings. The standard InChI is InChI=1S/C24H20N4O7S3/c29-16(25-7-9-35-10-8-25)12-26-23-20(38-24(26)32)17(15-2-1-11-36-15)18-19(37-23)22(31)27(21(18)30)13-3-5-14(6-4-13)28(33)34/h1-6,11,17-19H,7-10,12H2. The Kier molecular flexibility index (Phi) is 6.42. The third kappa shape index (κ3) is 4.08. The number of ether oxygens (including phenoxy) is 1. The molecule has 3 amide bonds. The minimum absolute atomic E-state index is 0.146. The number of nitrogens with zero attached hydrogens (tertiary/aromatic N) is 4. The van der Waals surface area contributed by atoms with Crippen molar-refractivity contribution < 1.29 is 24.0 Å². The highest BCUT2D eigenvalue weighted by molar-refractivity contribution is 8.00. The first-order chi connectivity index (χ1) is 18.3. The van der Waals surface area contributed by atoms with E-state index in [1.807, 2.05) is 17.5 Å². The van der Waals surface area contributed by atoms with Crippen molar-refractivity contribution in [2.24, 2.45) is 5.92 Å². The van der Waals surface area contributed by atoms with E-state index < -0.39 is 33.8 Å². The molecule has 11 nitrogen and oxygen atoms in total. The van der Waals surface area contributed by atoms with Crippen LogP contribution in [0.25, 0.3) is 0 Å². The molecule has 2 aromatic heterocycles. The molecule has 0 spiro atoms. The first kappa shape index (κ1) is 25.0. The average molecular weight is 573 g/mol. The highest BCUT2D eigenvalue weighted by atomic mass is 32.2. The highest BCUT2D eigenvalue weighted by Gasteiger charge is 2.57. The van der Waals surface area contributed by atoms with E-state index in [9.17, 15) is 29.3 Å². The molecule has 0 aliphatic carbocycles. The third-order valence-electron chi connectivity index (χ3n) is 6.87. The van der Waals surface area contributed by atoms with Gasteiger partial charge in [-0.15, -0.1) is 11.3 Å². The molecule has 5 heterocycles. The normalized spacial score (nSPS) is 22.9. The minimum Gasteiger partial charge on any atom is -0.378 e. The number of nitro groups is 1. The molecular weight excluding hydrogens is 552 g/mol. The molecule has 196 valence electrons. The SMILES string of the molecule is O=C(Cn1c2c(sc1=O)C(c1cccs1)C1C(=O)N(c3ccc([N+](=O)[O-])cc3)C(=O)C1S2)N1CCOCC1. The van der Waals surface area contributed by atoms with Crippen molar-refractivity contribution in [2.45, 2.75) is 22.7 Å². The third-order valence-corrected chi connectivity index (χ3v) is 10.4. The van der Waals surface area contributed by atoms with Crippen LogP contribution < -0.4 is 9.77 Å². The molecule has 0 bridgehead atoms. The Morgan fingerprint density at radius 1 is 1.08 bits per heavy atom. The van der Waals surface area contributed by atoms with Gasteiger partial charge in [-0.25, -0.2) is 4.90 Å². The lowest BCUT2D eigenvalue weighted by atomic mass is 9.87. The Bertz CT molecular complexity index is 1490. The van der Waals surface area contributed by atoms with Gasteiger partial charge < -0.3 is 9.64 Å². The molecule has 3 atom stereocenters. The topological polar surface area (TPSA) is 132 Å². The van der Waals surface area contributed by atoms with Crippen molar-refractivity contribution in [3.63, 3.8) is 0 Å². The number of fused-ring (bicyclic) bond motifs is 2. The summed E-state index contributed by atoms with van der Waals surface area (Å²) in [4.78, 5) is 68.1. The van der Waals surface area contributed by atoms with Crippen LogP contribution in [0.2, 0.25) is 0 Å². The van der Waals surface area contributed by atoms with Gasteiger partial charge in [-0.3, -0.25) is 33.9 Å². The molecule has 0 radical (unpaired) electrons. The predicted molar refractivity (Wildman–Crippen MR) is 141 cm³/mol. The number of benzene rings is 1. The van der Waals surface area contributed by atoms with Crippen molar-refractivity contribution in [3.05, 3.63) is 71.3 Å². The summed E-state index contributed by atoms with van der Waals surface area (Å²) in [5.41, 5.74) is 0.112. The van der Waals surface area contributed by atoms with E-state index in [0.29, 0.717) is 36.2 Å². The van der Waals surface area contributed by atoms with Crippen LogP contribution in [0, 0.1) is 16.0 Å². The van der Waals surface area contributed by atoms with E-state index in [1.54, 1.807) is 4.90 Å². The molecule has 38 heavy (non-hydrogen) atoms. The maximum atomic E-state index is 13.8. The molecule has 3 aliphatic rings. The maximum Gasteiger partial charge on any atom is 0.308 e. The monoisotopic (exact) mass is 572 g/mol. The van der Waals surface area contributed by atoms with Gasteiger partial charge in [0.1, 0.15) is 11.8 Å². The lowest BCUT2D eigenvalue weighted by Crippen LogP contribution is -2.43. The maximum absolute atomic E-state index is 13.8. The molecule has 1 aromatic carbocycles. The number of thiophene rings is 1. The van der Waals surface area contributed by atoms with Gasteiger partial charge in [0.15, 0.2) is 0 Å². The lowest BCUT2D eigenvalue weighted by molar-refractivity contribution is -0.384. The lowest BCUT2D eigenvalue weighted by Gasteiger charge is -2.30. The zero-order valence-corrected chi connectivity index (χ0v) is 22.1. The van der Waals surface area contributed by atoms with Gasteiger partial charge in [0.25, 0.3) is 5.69 Å². The van der Waals surface area contributed by atoms with Gasteiger partial charge in [0.05, 0.1) is 34.8 Å². The second-order valence-electron chi connectivity index (χ2n) is 8.96. The molecular formula is C24H20N4O7S3. The molecule has 0 N–H and O–H groups in total.